The van der Waals surface area contributed by atoms with Crippen molar-refractivity contribution in [3.05, 3.63) is 42.2 Å². The van der Waals surface area contributed by atoms with Crippen LogP contribution in [0.25, 0.3) is 0 Å². The minimum atomic E-state index is 0.840. The van der Waals surface area contributed by atoms with Crippen molar-refractivity contribution in [2.75, 3.05) is 6.54 Å². The van der Waals surface area contributed by atoms with Gasteiger partial charge in [-0.2, -0.15) is 0 Å². The van der Waals surface area contributed by atoms with Gasteiger partial charge >= 0.3 is 0 Å². The molecule has 0 aliphatic heterocycles. The minimum absolute atomic E-state index is 0.840. The molecule has 0 bridgehead atoms. The molecule has 1 N–H and O–H groups in total. The molecular weight excluding hydrogens is 212 g/mol. The van der Waals surface area contributed by atoms with Crippen molar-refractivity contribution in [2.24, 2.45) is 0 Å². The molecule has 0 spiro atoms. The van der Waals surface area contributed by atoms with E-state index in [1.807, 2.05) is 12.4 Å². The van der Waals surface area contributed by atoms with Crippen LogP contribution in [0.4, 0.5) is 0 Å². The van der Waals surface area contributed by atoms with Crippen LogP contribution < -0.4 is 5.32 Å². The molecule has 2 aromatic rings. The highest BCUT2D eigenvalue weighted by molar-refractivity contribution is 5.11. The Kier molecular flexibility index (Phi) is 3.98. The van der Waals surface area contributed by atoms with Crippen LogP contribution in [0, 0.1) is 0 Å². The summed E-state index contributed by atoms with van der Waals surface area (Å²) >= 11 is 0. The zero-order chi connectivity index (χ0) is 12.1. The van der Waals surface area contributed by atoms with Crippen LogP contribution in [0.3, 0.4) is 0 Å². The van der Waals surface area contributed by atoms with Gasteiger partial charge < -0.3 is 14.5 Å². The van der Waals surface area contributed by atoms with Crippen LogP contribution in [-0.4, -0.2) is 20.7 Å². The molecule has 0 aliphatic rings. The standard InChI is InChI=1S/C13H20N4/c1-3-14-9-12-5-7-16(10-12)11-13-15-6-8-17(13)4-2/h5-8,10,14H,3-4,9,11H2,1-2H3. The molecule has 4 nitrogen and oxygen atoms in total. The second kappa shape index (κ2) is 5.68. The molecule has 0 radical (unpaired) electrons. The zero-order valence-corrected chi connectivity index (χ0v) is 10.6. The van der Waals surface area contributed by atoms with Gasteiger partial charge in [-0.15, -0.1) is 0 Å². The number of aryl methyl sites for hydroxylation is 1. The molecule has 2 rings (SSSR count). The van der Waals surface area contributed by atoms with Crippen LogP contribution in [0.2, 0.25) is 0 Å². The van der Waals surface area contributed by atoms with Gasteiger partial charge in [-0.05, 0) is 25.1 Å². The van der Waals surface area contributed by atoms with Gasteiger partial charge in [0.2, 0.25) is 0 Å². The lowest BCUT2D eigenvalue weighted by atomic mass is 10.3. The van der Waals surface area contributed by atoms with E-state index in [4.69, 9.17) is 0 Å². The Morgan fingerprint density at radius 3 is 2.94 bits per heavy atom. The summed E-state index contributed by atoms with van der Waals surface area (Å²) < 4.78 is 4.35. The number of hydrogen-bond donors (Lipinski definition) is 1. The van der Waals surface area contributed by atoms with Gasteiger partial charge in [-0.3, -0.25) is 0 Å². The predicted octanol–water partition coefficient (Wildman–Crippen LogP) is 1.86. The monoisotopic (exact) mass is 232 g/mol. The molecule has 0 saturated heterocycles. The van der Waals surface area contributed by atoms with E-state index in [0.29, 0.717) is 0 Å². The van der Waals surface area contributed by atoms with Crippen LogP contribution in [0.5, 0.6) is 0 Å². The average molecular weight is 232 g/mol. The number of hydrogen-bond acceptors (Lipinski definition) is 2. The van der Waals surface area contributed by atoms with Crippen LogP contribution in [0.1, 0.15) is 25.2 Å². The Bertz CT molecular complexity index is 455. The summed E-state index contributed by atoms with van der Waals surface area (Å²) in [4.78, 5) is 4.38. The number of aromatic nitrogens is 3. The van der Waals surface area contributed by atoms with E-state index in [1.54, 1.807) is 0 Å². The first-order valence-corrected chi connectivity index (χ1v) is 6.18. The second-order valence-corrected chi connectivity index (χ2v) is 4.10. The van der Waals surface area contributed by atoms with Crippen molar-refractivity contribution < 1.29 is 0 Å². The lowest BCUT2D eigenvalue weighted by molar-refractivity contribution is 0.650. The molecule has 0 aliphatic carbocycles. The second-order valence-electron chi connectivity index (χ2n) is 4.10. The average Bonchev–Trinajstić information content (AvgIpc) is 2.96. The van der Waals surface area contributed by atoms with Crippen LogP contribution in [-0.2, 0) is 19.6 Å². The van der Waals surface area contributed by atoms with Gasteiger partial charge in [0.15, 0.2) is 0 Å². The summed E-state index contributed by atoms with van der Waals surface area (Å²) in [6.07, 6.45) is 8.18. The molecule has 2 heterocycles. The zero-order valence-electron chi connectivity index (χ0n) is 10.6. The lowest BCUT2D eigenvalue weighted by Crippen LogP contribution is -2.11. The van der Waals surface area contributed by atoms with Crippen molar-refractivity contribution >= 4 is 0 Å². The largest absolute Gasteiger partial charge is 0.346 e. The van der Waals surface area contributed by atoms with Gasteiger partial charge in [0.05, 0.1) is 6.54 Å². The highest BCUT2D eigenvalue weighted by Crippen LogP contribution is 2.05. The summed E-state index contributed by atoms with van der Waals surface area (Å²) in [6.45, 7) is 8.01. The Hall–Kier alpha value is -1.55. The maximum absolute atomic E-state index is 4.38. The van der Waals surface area contributed by atoms with E-state index in [0.717, 1.165) is 32.0 Å². The Morgan fingerprint density at radius 1 is 1.29 bits per heavy atom. The first kappa shape index (κ1) is 11.9. The van der Waals surface area contributed by atoms with Gasteiger partial charge in [0, 0.05) is 37.9 Å². The predicted molar refractivity (Wildman–Crippen MR) is 68.8 cm³/mol. The maximum atomic E-state index is 4.38. The first-order valence-electron chi connectivity index (χ1n) is 6.18. The quantitative estimate of drug-likeness (QED) is 0.825. The molecular formula is C13H20N4. The molecule has 0 saturated carbocycles. The fraction of sp³-hybridized carbons (Fsp3) is 0.462. The Balaban J connectivity index is 2.01. The molecule has 92 valence electrons. The van der Waals surface area contributed by atoms with Crippen molar-refractivity contribution in [2.45, 2.75) is 33.5 Å². The molecule has 0 amide bonds. The third kappa shape index (κ3) is 2.97. The molecule has 0 unspecified atom stereocenters. The van der Waals surface area contributed by atoms with Crippen LogP contribution >= 0.6 is 0 Å². The number of rotatable bonds is 6. The van der Waals surface area contributed by atoms with Gasteiger partial charge in [0.1, 0.15) is 5.82 Å². The molecule has 4 heteroatoms. The smallest absolute Gasteiger partial charge is 0.128 e. The van der Waals surface area contributed by atoms with Gasteiger partial charge in [-0.25, -0.2) is 4.98 Å². The highest BCUT2D eigenvalue weighted by Gasteiger charge is 2.02. The topological polar surface area (TPSA) is 34.8 Å². The SMILES string of the molecule is CCNCc1ccn(Cc2nccn2CC)c1. The fourth-order valence-corrected chi connectivity index (χ4v) is 1.91. The van der Waals surface area contributed by atoms with E-state index in [-0.39, 0.29) is 0 Å². The summed E-state index contributed by atoms with van der Waals surface area (Å²) in [5.74, 6) is 1.11. The Labute approximate surface area is 102 Å². The van der Waals surface area contributed by atoms with Crippen molar-refractivity contribution in [3.8, 4) is 0 Å². The molecule has 0 atom stereocenters. The third-order valence-corrected chi connectivity index (χ3v) is 2.86. The lowest BCUT2D eigenvalue weighted by Gasteiger charge is -2.05. The van der Waals surface area contributed by atoms with Crippen LogP contribution in [0.15, 0.2) is 30.9 Å². The minimum Gasteiger partial charge on any atom is -0.346 e. The van der Waals surface area contributed by atoms with E-state index < -0.39 is 0 Å². The van der Waals surface area contributed by atoms with Crippen molar-refractivity contribution in [1.29, 1.82) is 0 Å². The molecule has 2 aromatic heterocycles. The van der Waals surface area contributed by atoms with Gasteiger partial charge in [-0.1, -0.05) is 6.92 Å². The van der Waals surface area contributed by atoms with E-state index in [9.17, 15) is 0 Å². The fourth-order valence-electron chi connectivity index (χ4n) is 1.91. The molecule has 0 fully saturated rings. The van der Waals surface area contributed by atoms with Gasteiger partial charge in [0.25, 0.3) is 0 Å². The van der Waals surface area contributed by atoms with E-state index >= 15 is 0 Å². The number of imidazole rings is 1. The molecule has 0 aromatic carbocycles. The third-order valence-electron chi connectivity index (χ3n) is 2.86. The van der Waals surface area contributed by atoms with Crippen molar-refractivity contribution in [3.63, 3.8) is 0 Å². The number of nitrogens with zero attached hydrogens (tertiary/aromatic N) is 3. The molecule has 17 heavy (non-hydrogen) atoms. The Morgan fingerprint density at radius 2 is 2.18 bits per heavy atom. The van der Waals surface area contributed by atoms with E-state index in [2.05, 4.69) is 51.7 Å². The number of nitrogens with one attached hydrogen (secondary N) is 1. The first-order chi connectivity index (χ1) is 8.33. The summed E-state index contributed by atoms with van der Waals surface area (Å²) in [6, 6.07) is 2.15. The summed E-state index contributed by atoms with van der Waals surface area (Å²) in [5, 5.41) is 3.33. The summed E-state index contributed by atoms with van der Waals surface area (Å²) in [7, 11) is 0. The summed E-state index contributed by atoms with van der Waals surface area (Å²) in [5.41, 5.74) is 1.32. The normalized spacial score (nSPS) is 10.9. The van der Waals surface area contributed by atoms with E-state index in [1.165, 1.54) is 5.56 Å². The highest BCUT2D eigenvalue weighted by atomic mass is 15.1. The van der Waals surface area contributed by atoms with Crippen molar-refractivity contribution in [1.82, 2.24) is 19.4 Å². The maximum Gasteiger partial charge on any atom is 0.128 e.